The number of nitrogens with zero attached hydrogens (tertiary/aromatic N) is 1. The van der Waals surface area contributed by atoms with Crippen LogP contribution in [0.25, 0.3) is 0 Å². The van der Waals surface area contributed by atoms with E-state index >= 15 is 0 Å². The molecule has 1 saturated heterocycles. The first-order chi connectivity index (χ1) is 9.22. The molecule has 0 spiro atoms. The van der Waals surface area contributed by atoms with E-state index in [9.17, 15) is 9.90 Å². The van der Waals surface area contributed by atoms with Gasteiger partial charge in [-0.05, 0) is 0 Å². The number of ether oxygens (including phenoxy) is 2. The van der Waals surface area contributed by atoms with Crippen LogP contribution in [0.3, 0.4) is 0 Å². The average molecular weight is 265 g/mol. The van der Waals surface area contributed by atoms with E-state index in [1.165, 1.54) is 6.20 Å². The zero-order valence-electron chi connectivity index (χ0n) is 10.3. The summed E-state index contributed by atoms with van der Waals surface area (Å²) in [5.74, 6) is 0.782. The number of aliphatic hydroxyl groups excluding tert-OH is 1. The highest BCUT2D eigenvalue weighted by atomic mass is 16.7. The minimum atomic E-state index is -0.458. The molecule has 0 bridgehead atoms. The Kier molecular flexibility index (Phi) is 3.22. The Morgan fingerprint density at radius 2 is 2.42 bits per heavy atom. The average Bonchev–Trinajstić information content (AvgIpc) is 2.98. The van der Waals surface area contributed by atoms with Crippen LogP contribution in [-0.4, -0.2) is 42.0 Å². The Balaban J connectivity index is 1.60. The molecule has 3 rings (SSSR count). The second-order valence-corrected chi connectivity index (χ2v) is 4.67. The monoisotopic (exact) mass is 265 g/mol. The van der Waals surface area contributed by atoms with E-state index in [0.29, 0.717) is 30.4 Å². The largest absolute Gasteiger partial charge is 0.452 e. The van der Waals surface area contributed by atoms with E-state index in [2.05, 4.69) is 15.6 Å². The van der Waals surface area contributed by atoms with Crippen LogP contribution in [0.2, 0.25) is 0 Å². The highest BCUT2D eigenvalue weighted by Gasteiger charge is 2.27. The number of aliphatic hydroxyl groups is 1. The molecular formula is C12H15N3O4. The SMILES string of the molecule is O=C(C[C@@H]1CNC[C@H]1O)Nc1cnc2c(c1)OCO2. The number of β-amino-alcohol motifs (C(OH)–C–C–N with tert-alkyl or cyclic N) is 1. The molecule has 2 aliphatic rings. The van der Waals surface area contributed by atoms with Crippen LogP contribution in [0.1, 0.15) is 6.42 Å². The molecule has 0 aliphatic carbocycles. The van der Waals surface area contributed by atoms with Crippen LogP contribution < -0.4 is 20.1 Å². The summed E-state index contributed by atoms with van der Waals surface area (Å²) in [6.45, 7) is 1.36. The van der Waals surface area contributed by atoms with Gasteiger partial charge in [0.2, 0.25) is 12.7 Å². The van der Waals surface area contributed by atoms with Crippen molar-refractivity contribution in [3.63, 3.8) is 0 Å². The molecule has 3 heterocycles. The first-order valence-corrected chi connectivity index (χ1v) is 6.16. The quantitative estimate of drug-likeness (QED) is 0.696. The molecule has 2 aliphatic heterocycles. The van der Waals surface area contributed by atoms with Gasteiger partial charge in [-0.3, -0.25) is 4.79 Å². The topological polar surface area (TPSA) is 92.7 Å². The van der Waals surface area contributed by atoms with Crippen molar-refractivity contribution in [3.8, 4) is 11.6 Å². The number of carbonyl (C=O) groups is 1. The summed E-state index contributed by atoms with van der Waals surface area (Å²) in [7, 11) is 0. The van der Waals surface area contributed by atoms with Crippen LogP contribution in [0, 0.1) is 5.92 Å². The van der Waals surface area contributed by atoms with Crippen molar-refractivity contribution < 1.29 is 19.4 Å². The summed E-state index contributed by atoms with van der Waals surface area (Å²) in [5, 5.41) is 15.4. The van der Waals surface area contributed by atoms with E-state index in [4.69, 9.17) is 9.47 Å². The van der Waals surface area contributed by atoms with Crippen molar-refractivity contribution in [3.05, 3.63) is 12.3 Å². The van der Waals surface area contributed by atoms with Crippen molar-refractivity contribution in [1.82, 2.24) is 10.3 Å². The fraction of sp³-hybridized carbons (Fsp3) is 0.500. The van der Waals surface area contributed by atoms with Crippen LogP contribution in [0.15, 0.2) is 12.3 Å². The number of hydrogen-bond acceptors (Lipinski definition) is 6. The standard InChI is InChI=1S/C12H15N3O4/c16-9-5-13-3-7(9)1-11(17)15-8-2-10-12(14-4-8)19-6-18-10/h2,4,7,9,13,16H,1,3,5-6H2,(H,15,17)/t7-,9-/m1/s1. The van der Waals surface area contributed by atoms with Crippen LogP contribution in [-0.2, 0) is 4.79 Å². The van der Waals surface area contributed by atoms with Gasteiger partial charge in [0, 0.05) is 31.5 Å². The van der Waals surface area contributed by atoms with E-state index in [-0.39, 0.29) is 25.0 Å². The van der Waals surface area contributed by atoms with Gasteiger partial charge in [-0.15, -0.1) is 0 Å². The summed E-state index contributed by atoms with van der Waals surface area (Å²) >= 11 is 0. The lowest BCUT2D eigenvalue weighted by molar-refractivity contribution is -0.117. The number of hydrogen-bond donors (Lipinski definition) is 3. The zero-order valence-corrected chi connectivity index (χ0v) is 10.3. The van der Waals surface area contributed by atoms with E-state index in [0.717, 1.165) is 0 Å². The number of aromatic nitrogens is 1. The van der Waals surface area contributed by atoms with Gasteiger partial charge in [-0.25, -0.2) is 4.98 Å². The van der Waals surface area contributed by atoms with Crippen LogP contribution in [0.4, 0.5) is 5.69 Å². The number of carbonyl (C=O) groups excluding carboxylic acids is 1. The summed E-state index contributed by atoms with van der Waals surface area (Å²) in [5.41, 5.74) is 0.565. The molecule has 0 radical (unpaired) electrons. The Bertz CT molecular complexity index is 494. The van der Waals surface area contributed by atoms with E-state index in [1.54, 1.807) is 6.07 Å². The van der Waals surface area contributed by atoms with Crippen LogP contribution >= 0.6 is 0 Å². The Labute approximate surface area is 109 Å². The minimum Gasteiger partial charge on any atom is -0.452 e. The number of fused-ring (bicyclic) bond motifs is 1. The van der Waals surface area contributed by atoms with Crippen molar-refractivity contribution in [2.75, 3.05) is 25.2 Å². The molecule has 3 N–H and O–H groups in total. The lowest BCUT2D eigenvalue weighted by Crippen LogP contribution is -2.24. The molecule has 0 unspecified atom stereocenters. The van der Waals surface area contributed by atoms with Gasteiger partial charge in [0.25, 0.3) is 5.88 Å². The first-order valence-electron chi connectivity index (χ1n) is 6.16. The van der Waals surface area contributed by atoms with Crippen molar-refractivity contribution in [1.29, 1.82) is 0 Å². The number of rotatable bonds is 3. The number of nitrogens with one attached hydrogen (secondary N) is 2. The molecule has 0 aromatic carbocycles. The lowest BCUT2D eigenvalue weighted by atomic mass is 10.0. The van der Waals surface area contributed by atoms with Crippen LogP contribution in [0.5, 0.6) is 11.6 Å². The smallest absolute Gasteiger partial charge is 0.260 e. The van der Waals surface area contributed by atoms with Crippen molar-refractivity contribution >= 4 is 11.6 Å². The molecule has 102 valence electrons. The molecule has 7 heteroatoms. The summed E-state index contributed by atoms with van der Waals surface area (Å²) in [6.07, 6.45) is 1.35. The molecular weight excluding hydrogens is 250 g/mol. The number of pyridine rings is 1. The summed E-state index contributed by atoms with van der Waals surface area (Å²) in [4.78, 5) is 15.9. The van der Waals surface area contributed by atoms with Crippen molar-refractivity contribution in [2.24, 2.45) is 5.92 Å². The van der Waals surface area contributed by atoms with Crippen molar-refractivity contribution in [2.45, 2.75) is 12.5 Å². The highest BCUT2D eigenvalue weighted by Crippen LogP contribution is 2.31. The minimum absolute atomic E-state index is 0.0398. The maximum Gasteiger partial charge on any atom is 0.260 e. The van der Waals surface area contributed by atoms with E-state index < -0.39 is 6.10 Å². The molecule has 1 aromatic rings. The van der Waals surface area contributed by atoms with E-state index in [1.807, 2.05) is 0 Å². The lowest BCUT2D eigenvalue weighted by Gasteiger charge is -2.12. The predicted molar refractivity (Wildman–Crippen MR) is 66.0 cm³/mol. The zero-order chi connectivity index (χ0) is 13.2. The second-order valence-electron chi connectivity index (χ2n) is 4.67. The molecule has 19 heavy (non-hydrogen) atoms. The first kappa shape index (κ1) is 12.2. The van der Waals surface area contributed by atoms with Gasteiger partial charge in [-0.2, -0.15) is 0 Å². The molecule has 1 aromatic heterocycles. The molecule has 0 saturated carbocycles. The fourth-order valence-electron chi connectivity index (χ4n) is 2.24. The third-order valence-corrected chi connectivity index (χ3v) is 3.26. The Hall–Kier alpha value is -1.86. The second kappa shape index (κ2) is 5.02. The molecule has 7 nitrogen and oxygen atoms in total. The van der Waals surface area contributed by atoms with Gasteiger partial charge in [0.05, 0.1) is 18.0 Å². The molecule has 1 fully saturated rings. The molecule has 1 amide bonds. The number of amides is 1. The third-order valence-electron chi connectivity index (χ3n) is 3.26. The van der Waals surface area contributed by atoms with Gasteiger partial charge in [0.1, 0.15) is 0 Å². The highest BCUT2D eigenvalue weighted by molar-refractivity contribution is 5.91. The maximum atomic E-state index is 11.9. The predicted octanol–water partition coefficient (Wildman–Crippen LogP) is -0.281. The fourth-order valence-corrected chi connectivity index (χ4v) is 2.24. The maximum absolute atomic E-state index is 11.9. The summed E-state index contributed by atoms with van der Waals surface area (Å²) in [6, 6.07) is 1.68. The Morgan fingerprint density at radius 3 is 3.21 bits per heavy atom. The number of anilines is 1. The third kappa shape index (κ3) is 2.61. The van der Waals surface area contributed by atoms with Gasteiger partial charge >= 0.3 is 0 Å². The van der Waals surface area contributed by atoms with Gasteiger partial charge < -0.3 is 25.2 Å². The van der Waals surface area contributed by atoms with Gasteiger partial charge in [0.15, 0.2) is 5.75 Å². The Morgan fingerprint density at radius 1 is 1.53 bits per heavy atom. The molecule has 2 atom stereocenters. The van der Waals surface area contributed by atoms with Gasteiger partial charge in [-0.1, -0.05) is 0 Å². The summed E-state index contributed by atoms with van der Waals surface area (Å²) < 4.78 is 10.3. The normalized spacial score (nSPS) is 24.5.